The molecule has 530 valence electrons. The molecule has 0 atom stereocenters. The van der Waals surface area contributed by atoms with Crippen LogP contribution in [0.25, 0.3) is 122 Å². The Hall–Kier alpha value is -13.5. The second-order valence-electron chi connectivity index (χ2n) is 33.1. The number of nitrogens with zero attached hydrogens (tertiary/aromatic N) is 6. The molecule has 15 aromatic carbocycles. The number of rotatable bonds is 10. The van der Waals surface area contributed by atoms with Gasteiger partial charge in [-0.2, -0.15) is 10.5 Å². The van der Waals surface area contributed by atoms with Gasteiger partial charge in [-0.05, 0) is 209 Å². The van der Waals surface area contributed by atoms with Crippen LogP contribution in [-0.2, 0) is 16.2 Å². The fourth-order valence-corrected chi connectivity index (χ4v) is 17.6. The third-order valence-electron chi connectivity index (χ3n) is 23.2. The maximum atomic E-state index is 11.7. The van der Waals surface area contributed by atoms with Crippen molar-refractivity contribution in [3.63, 3.8) is 0 Å². The molecule has 17 aromatic rings. The first-order chi connectivity index (χ1) is 53.9. The highest BCUT2D eigenvalue weighted by molar-refractivity contribution is 7.00. The molecule has 7 heteroatoms. The second-order valence-corrected chi connectivity index (χ2v) is 33.1. The van der Waals surface area contributed by atoms with E-state index in [-0.39, 0.29) is 10.8 Å². The molecular formula is C104H81BN6. The van der Waals surface area contributed by atoms with E-state index in [1.807, 2.05) is 12.1 Å². The van der Waals surface area contributed by atoms with Crippen LogP contribution >= 0.6 is 0 Å². The van der Waals surface area contributed by atoms with E-state index in [9.17, 15) is 10.5 Å². The fourth-order valence-electron chi connectivity index (χ4n) is 17.6. The van der Waals surface area contributed by atoms with Crippen LogP contribution in [0.1, 0.15) is 90.1 Å². The zero-order chi connectivity index (χ0) is 75.8. The summed E-state index contributed by atoms with van der Waals surface area (Å²) in [5.74, 6) is 0. The monoisotopic (exact) mass is 1420 g/mol. The highest BCUT2D eigenvalue weighted by Crippen LogP contribution is 2.56. The van der Waals surface area contributed by atoms with Crippen molar-refractivity contribution < 1.29 is 0 Å². The lowest BCUT2D eigenvalue weighted by atomic mass is 9.33. The van der Waals surface area contributed by atoms with E-state index in [0.717, 1.165) is 178 Å². The molecule has 0 bridgehead atoms. The fraction of sp³-hybridized carbons (Fsp3) is 0.115. The van der Waals surface area contributed by atoms with Crippen molar-refractivity contribution in [2.45, 2.75) is 78.6 Å². The highest BCUT2D eigenvalue weighted by atomic mass is 15.2. The largest absolute Gasteiger partial charge is 0.310 e. The lowest BCUT2D eigenvalue weighted by Gasteiger charge is -2.46. The van der Waals surface area contributed by atoms with Gasteiger partial charge in [-0.25, -0.2) is 0 Å². The lowest BCUT2D eigenvalue weighted by molar-refractivity contribution is 0.590. The Labute approximate surface area is 650 Å². The van der Waals surface area contributed by atoms with Crippen LogP contribution in [0.3, 0.4) is 0 Å². The molecule has 111 heavy (non-hydrogen) atoms. The Balaban J connectivity index is 1.01. The summed E-state index contributed by atoms with van der Waals surface area (Å²) in [6.07, 6.45) is 0. The number of fused-ring (bicyclic) bond motifs is 10. The molecule has 6 nitrogen and oxygen atoms in total. The molecule has 2 aromatic heterocycles. The smallest absolute Gasteiger partial charge is 0.252 e. The summed E-state index contributed by atoms with van der Waals surface area (Å²) in [5, 5.41) is 26.5. The Morgan fingerprint density at radius 2 is 0.694 bits per heavy atom. The average molecular weight is 1430 g/mol. The van der Waals surface area contributed by atoms with Gasteiger partial charge in [-0.1, -0.05) is 275 Å². The number of anilines is 6. The summed E-state index contributed by atoms with van der Waals surface area (Å²) in [7, 11) is 0. The molecule has 0 unspecified atom stereocenters. The molecule has 0 radical (unpaired) electrons. The third-order valence-corrected chi connectivity index (χ3v) is 23.2. The number of hydrogen-bond acceptors (Lipinski definition) is 4. The van der Waals surface area contributed by atoms with Crippen LogP contribution in [0, 0.1) is 22.7 Å². The molecule has 0 amide bonds. The number of aromatic nitrogens is 2. The van der Waals surface area contributed by atoms with E-state index in [1.165, 1.54) is 11.1 Å². The SMILES string of the molecule is CC(C)(C)c1cc2c3c(c1)N(c1c(-c4ccccc4)cc(-c4ccccc4)cc1-c1ccccc1)c1cc(-n4c5ccccc5c5cc(C#N)ccc54)ccc1B3c1cc(-n3c4ccc(C(C)(C)C)cc4c4cc(C(C)(C)C)cc(C#N)c43)ccc1N2c1c(-c2ccccc2)cc(-c2ccccc2)cc1-c1ccccc1. The summed E-state index contributed by atoms with van der Waals surface area (Å²) >= 11 is 0. The van der Waals surface area contributed by atoms with Crippen LogP contribution < -0.4 is 26.2 Å². The van der Waals surface area contributed by atoms with Gasteiger partial charge >= 0.3 is 0 Å². The van der Waals surface area contributed by atoms with Gasteiger partial charge in [0.05, 0.1) is 50.6 Å². The van der Waals surface area contributed by atoms with Crippen molar-refractivity contribution in [2.75, 3.05) is 9.80 Å². The van der Waals surface area contributed by atoms with Gasteiger partial charge in [0.25, 0.3) is 6.71 Å². The van der Waals surface area contributed by atoms with E-state index in [1.54, 1.807) is 0 Å². The summed E-state index contributed by atoms with van der Waals surface area (Å²) in [4.78, 5) is 5.32. The molecule has 4 heterocycles. The Morgan fingerprint density at radius 3 is 1.19 bits per heavy atom. The molecule has 0 spiro atoms. The minimum Gasteiger partial charge on any atom is -0.310 e. The van der Waals surface area contributed by atoms with E-state index in [4.69, 9.17) is 0 Å². The van der Waals surface area contributed by atoms with Gasteiger partial charge in [0.1, 0.15) is 6.07 Å². The van der Waals surface area contributed by atoms with Crippen molar-refractivity contribution in [1.82, 2.24) is 9.13 Å². The van der Waals surface area contributed by atoms with Crippen LogP contribution in [0.4, 0.5) is 34.1 Å². The highest BCUT2D eigenvalue weighted by Gasteiger charge is 2.47. The van der Waals surface area contributed by atoms with Gasteiger partial charge in [-0.15, -0.1) is 0 Å². The molecule has 0 fully saturated rings. The van der Waals surface area contributed by atoms with Gasteiger partial charge in [0, 0.05) is 77.9 Å². The Kier molecular flexibility index (Phi) is 16.1. The van der Waals surface area contributed by atoms with Crippen molar-refractivity contribution in [1.29, 1.82) is 10.5 Å². The second kappa shape index (κ2) is 26.2. The molecule has 0 N–H and O–H groups in total. The quantitative estimate of drug-likeness (QED) is 0.128. The minimum absolute atomic E-state index is 0.149. The van der Waals surface area contributed by atoms with E-state index in [0.29, 0.717) is 11.1 Å². The first-order valence-corrected chi connectivity index (χ1v) is 38.6. The molecule has 2 aliphatic rings. The minimum atomic E-state index is -0.400. The topological polar surface area (TPSA) is 63.9 Å². The van der Waals surface area contributed by atoms with Gasteiger partial charge < -0.3 is 18.9 Å². The number of para-hydroxylation sites is 1. The maximum absolute atomic E-state index is 11.7. The third kappa shape index (κ3) is 11.4. The van der Waals surface area contributed by atoms with Crippen molar-refractivity contribution in [3.05, 3.63) is 355 Å². The van der Waals surface area contributed by atoms with Crippen molar-refractivity contribution >= 4 is 101 Å². The molecule has 0 aliphatic carbocycles. The average Bonchev–Trinajstić information content (AvgIpc) is 0.902. The normalized spacial score (nSPS) is 12.7. The first kappa shape index (κ1) is 68.1. The Morgan fingerprint density at radius 1 is 0.279 bits per heavy atom. The zero-order valence-electron chi connectivity index (χ0n) is 63.9. The number of nitriles is 2. The zero-order valence-corrected chi connectivity index (χ0v) is 63.9. The van der Waals surface area contributed by atoms with Gasteiger partial charge in [-0.3, -0.25) is 0 Å². The first-order valence-electron chi connectivity index (χ1n) is 38.6. The van der Waals surface area contributed by atoms with Crippen molar-refractivity contribution in [3.8, 4) is 90.3 Å². The standard InChI is InChI=1S/C104H81BN6/c1-102(2,3)76-45-50-93-87(58-76)88-59-77(103(4,5)6)53-75(65-107)99(88)109(93)79-47-51-94-90(62-79)105-89-48-46-80(108-91-43-29-28-42-81(91)86-52-66(64-106)44-49-92(86)108)63-95(89)111(101-84(71-38-24-14-25-39-71)56-74(68-32-18-11-19-33-68)57-85(101)72-40-26-15-27-41-72)97-61-78(104(7,8)9)60-96(98(97)105)110(94)100-82(69-34-20-12-21-35-69)54-73(67-30-16-10-17-31-67)55-83(100)70-36-22-13-23-37-70/h10-63H,1-9H3. The van der Waals surface area contributed by atoms with Crippen molar-refractivity contribution in [2.24, 2.45) is 0 Å². The summed E-state index contributed by atoms with van der Waals surface area (Å²) in [6.45, 7) is 20.3. The number of benzene rings is 15. The predicted molar refractivity (Wildman–Crippen MR) is 467 cm³/mol. The summed E-state index contributed by atoms with van der Waals surface area (Å²) < 4.78 is 4.80. The van der Waals surface area contributed by atoms with E-state index >= 15 is 0 Å². The molecule has 0 saturated heterocycles. The number of hydrogen-bond donors (Lipinski definition) is 0. The van der Waals surface area contributed by atoms with E-state index < -0.39 is 12.1 Å². The van der Waals surface area contributed by atoms with Crippen LogP contribution in [0.15, 0.2) is 328 Å². The van der Waals surface area contributed by atoms with Crippen LogP contribution in [-0.4, -0.2) is 15.8 Å². The molecule has 19 rings (SSSR count). The Bertz CT molecular complexity index is 6580. The lowest BCUT2D eigenvalue weighted by Crippen LogP contribution is -2.61. The molecule has 0 saturated carbocycles. The predicted octanol–water partition coefficient (Wildman–Crippen LogP) is 25.6. The van der Waals surface area contributed by atoms with E-state index in [2.05, 4.69) is 409 Å². The summed E-state index contributed by atoms with van der Waals surface area (Å²) in [6, 6.07) is 126. The van der Waals surface area contributed by atoms with Gasteiger partial charge in [0.15, 0.2) is 0 Å². The van der Waals surface area contributed by atoms with Gasteiger partial charge in [0.2, 0.25) is 0 Å². The summed E-state index contributed by atoms with van der Waals surface area (Å²) in [5.41, 5.74) is 32.8. The molecule has 2 aliphatic heterocycles. The molecular weight excluding hydrogens is 1340 g/mol. The maximum Gasteiger partial charge on any atom is 0.252 e. The van der Waals surface area contributed by atoms with Crippen LogP contribution in [0.5, 0.6) is 0 Å². The van der Waals surface area contributed by atoms with Crippen LogP contribution in [0.2, 0.25) is 0 Å².